The van der Waals surface area contributed by atoms with Crippen LogP contribution in [0.1, 0.15) is 143 Å². The quantitative estimate of drug-likeness (QED) is 0.132. The fourth-order valence-corrected chi connectivity index (χ4v) is 19.6. The van der Waals surface area contributed by atoms with Gasteiger partial charge in [0.25, 0.3) is 20.0 Å². The van der Waals surface area contributed by atoms with E-state index in [4.69, 9.17) is 18.1 Å². The van der Waals surface area contributed by atoms with Crippen LogP contribution in [0, 0.1) is 75.2 Å². The number of hydrogen-bond acceptors (Lipinski definition) is 8. The zero-order valence-corrected chi connectivity index (χ0v) is 48.2. The number of hydrogen-bond donors (Lipinski definition) is 0. The van der Waals surface area contributed by atoms with Crippen LogP contribution >= 0.6 is 17.1 Å². The van der Waals surface area contributed by atoms with Crippen molar-refractivity contribution in [3.8, 4) is 23.0 Å². The van der Waals surface area contributed by atoms with Crippen LogP contribution in [0.5, 0.6) is 23.0 Å². The van der Waals surface area contributed by atoms with Gasteiger partial charge in [0.2, 0.25) is 0 Å². The number of nitrogens with zero attached hydrogens (tertiary/aromatic N) is 2. The van der Waals surface area contributed by atoms with Crippen LogP contribution in [0.3, 0.4) is 0 Å². The lowest BCUT2D eigenvalue weighted by Gasteiger charge is -2.48. The van der Waals surface area contributed by atoms with Gasteiger partial charge < -0.3 is 18.1 Å². The fourth-order valence-electron chi connectivity index (χ4n) is 11.4. The maximum Gasteiger partial charge on any atom is 0.400 e. The Morgan fingerprint density at radius 2 is 0.753 bits per heavy atom. The summed E-state index contributed by atoms with van der Waals surface area (Å²) in [5.41, 5.74) is 12.5. The first-order valence-electron chi connectivity index (χ1n) is 25.4. The van der Waals surface area contributed by atoms with Gasteiger partial charge in [0, 0.05) is 45.7 Å². The predicted molar refractivity (Wildman–Crippen MR) is 295 cm³/mol. The molecule has 73 heavy (non-hydrogen) atoms. The lowest BCUT2D eigenvalue weighted by Crippen LogP contribution is -2.52. The van der Waals surface area contributed by atoms with Crippen LogP contribution in [-0.4, -0.2) is 36.6 Å². The Hall–Kier alpha value is -4.80. The van der Waals surface area contributed by atoms with E-state index >= 15 is 16.8 Å². The van der Waals surface area contributed by atoms with Gasteiger partial charge in [-0.3, -0.25) is 0 Å². The SMILES string of the molecule is Cc1ccc(S(=O)(=O)N(C2CCC(C(C)(C)N(P3Oc4c(C)cc(C)cc4C(C)c4cc(C)cc(C)c4O3)S(=O)(=O)c3ccc(C)cc3)CC2)P2Oc3c(C)cc(C)cc3C(C)c3cc(C)cc(C)c3O2)cc1. The molecule has 2 aliphatic heterocycles. The summed E-state index contributed by atoms with van der Waals surface area (Å²) in [6.07, 6.45) is 1.76. The topological polar surface area (TPSA) is 112 Å². The van der Waals surface area contributed by atoms with Crippen LogP contribution in [-0.2, 0) is 20.0 Å². The van der Waals surface area contributed by atoms with Crippen LogP contribution in [0.2, 0.25) is 0 Å². The second-order valence-corrected chi connectivity index (χ2v) is 28.3. The summed E-state index contributed by atoms with van der Waals surface area (Å²) < 4.78 is 94.1. The highest BCUT2D eigenvalue weighted by Crippen LogP contribution is 2.61. The van der Waals surface area contributed by atoms with Gasteiger partial charge >= 0.3 is 17.1 Å². The Morgan fingerprint density at radius 3 is 1.10 bits per heavy atom. The number of fused-ring (bicyclic) bond motifs is 4. The third kappa shape index (κ3) is 9.98. The van der Waals surface area contributed by atoms with Crippen molar-refractivity contribution in [3.63, 3.8) is 0 Å². The Kier molecular flexibility index (Phi) is 14.6. The summed E-state index contributed by atoms with van der Waals surface area (Å²) in [5, 5.41) is 0. The molecule has 0 saturated heterocycles. The van der Waals surface area contributed by atoms with Gasteiger partial charge in [0.1, 0.15) is 23.0 Å². The van der Waals surface area contributed by atoms with Gasteiger partial charge in [-0.25, -0.2) is 16.8 Å². The van der Waals surface area contributed by atoms with Crippen LogP contribution in [0.15, 0.2) is 107 Å². The second kappa shape index (κ2) is 20.0. The Balaban J connectivity index is 1.15. The Bertz CT molecular complexity index is 3210. The molecular formula is C59H70N2O8P2S2. The molecule has 9 rings (SSSR count). The minimum atomic E-state index is -4.34. The molecule has 0 bridgehead atoms. The van der Waals surface area contributed by atoms with Crippen molar-refractivity contribution >= 4 is 37.1 Å². The minimum Gasteiger partial charge on any atom is -0.426 e. The normalized spacial score (nSPS) is 21.2. The summed E-state index contributed by atoms with van der Waals surface area (Å²) in [6.45, 7) is 28.4. The van der Waals surface area contributed by atoms with Gasteiger partial charge in [-0.2, -0.15) is 0 Å². The maximum absolute atomic E-state index is 15.7. The third-order valence-corrected chi connectivity index (χ3v) is 23.6. The standard InChI is InChI=1S/C59H70N2O8P2S2/c1-35-15-23-49(24-16-35)72(62,63)60(70-66-55-41(7)27-37(3)31-51(55)45(11)52-32-38(4)28-42(8)56(52)67-70)48-21-19-47(20-22-48)59(13,14)61(73(64,65)50-25-17-36(2)18-26-50)71-68-57-43(9)29-39(5)33-53(57)46(12)54-34-40(6)30-44(10)58(54)69-71/h15-18,23-34,45-48H,19-22H2,1-14H3. The van der Waals surface area contributed by atoms with E-state index in [9.17, 15) is 0 Å². The van der Waals surface area contributed by atoms with E-state index in [0.29, 0.717) is 48.7 Å². The summed E-state index contributed by atoms with van der Waals surface area (Å²) >= 11 is 0. The fraction of sp³-hybridized carbons (Fsp3) is 0.390. The highest BCUT2D eigenvalue weighted by molar-refractivity contribution is 7.94. The van der Waals surface area contributed by atoms with Crippen molar-refractivity contribution in [1.82, 2.24) is 8.15 Å². The zero-order chi connectivity index (χ0) is 52.6. The highest BCUT2D eigenvalue weighted by atomic mass is 32.2. The van der Waals surface area contributed by atoms with Crippen molar-refractivity contribution in [3.05, 3.63) is 175 Å². The van der Waals surface area contributed by atoms with Gasteiger partial charge in [0.15, 0.2) is 0 Å². The first-order valence-corrected chi connectivity index (χ1v) is 30.5. The van der Waals surface area contributed by atoms with E-state index in [0.717, 1.165) is 77.9 Å². The summed E-state index contributed by atoms with van der Waals surface area (Å²) in [5.74, 6) is 2.00. The first-order chi connectivity index (χ1) is 34.4. The molecule has 14 heteroatoms. The first kappa shape index (κ1) is 53.0. The molecule has 6 aromatic carbocycles. The molecule has 0 amide bonds. The summed E-state index contributed by atoms with van der Waals surface area (Å²) in [4.78, 5) is 0.282. The molecule has 0 N–H and O–H groups in total. The van der Waals surface area contributed by atoms with E-state index in [1.807, 2.05) is 79.7 Å². The van der Waals surface area contributed by atoms with E-state index < -0.39 is 48.7 Å². The lowest BCUT2D eigenvalue weighted by molar-refractivity contribution is 0.135. The molecule has 0 atom stereocenters. The van der Waals surface area contributed by atoms with E-state index in [2.05, 4.69) is 90.1 Å². The molecule has 6 aromatic rings. The molecule has 0 spiro atoms. The highest BCUT2D eigenvalue weighted by Gasteiger charge is 2.54. The smallest absolute Gasteiger partial charge is 0.400 e. The molecule has 10 nitrogen and oxygen atoms in total. The van der Waals surface area contributed by atoms with Crippen molar-refractivity contribution in [2.75, 3.05) is 0 Å². The molecule has 3 aliphatic rings. The van der Waals surface area contributed by atoms with Crippen LogP contribution in [0.25, 0.3) is 0 Å². The lowest BCUT2D eigenvalue weighted by atomic mass is 9.76. The van der Waals surface area contributed by atoms with E-state index in [1.165, 1.54) is 8.15 Å². The van der Waals surface area contributed by atoms with Crippen LogP contribution < -0.4 is 18.1 Å². The van der Waals surface area contributed by atoms with Gasteiger partial charge in [0.05, 0.1) is 9.79 Å². The van der Waals surface area contributed by atoms with E-state index in [1.54, 1.807) is 24.3 Å². The molecule has 1 saturated carbocycles. The summed E-state index contributed by atoms with van der Waals surface area (Å²) in [6, 6.07) is 30.2. The Labute approximate surface area is 437 Å². The van der Waals surface area contributed by atoms with Crippen molar-refractivity contribution in [1.29, 1.82) is 0 Å². The minimum absolute atomic E-state index is 0.0998. The number of aryl methyl sites for hydroxylation is 10. The van der Waals surface area contributed by atoms with E-state index in [-0.39, 0.29) is 27.5 Å². The number of sulfonamides is 2. The molecule has 0 radical (unpaired) electrons. The molecule has 1 aliphatic carbocycles. The molecule has 386 valence electrons. The zero-order valence-electron chi connectivity index (χ0n) is 44.7. The van der Waals surface area contributed by atoms with Crippen molar-refractivity contribution in [2.45, 2.75) is 156 Å². The monoisotopic (exact) mass is 1060 g/mol. The van der Waals surface area contributed by atoms with Crippen molar-refractivity contribution < 1.29 is 34.9 Å². The predicted octanol–water partition coefficient (Wildman–Crippen LogP) is 15.5. The largest absolute Gasteiger partial charge is 0.426 e. The number of rotatable bonds is 9. The van der Waals surface area contributed by atoms with Crippen molar-refractivity contribution in [2.24, 2.45) is 5.92 Å². The average molecular weight is 1060 g/mol. The Morgan fingerprint density at radius 1 is 0.438 bits per heavy atom. The molecular weight excluding hydrogens is 991 g/mol. The molecule has 0 aromatic heterocycles. The summed E-state index contributed by atoms with van der Waals surface area (Å²) in [7, 11) is -13.4. The molecule has 0 unspecified atom stereocenters. The maximum atomic E-state index is 15.7. The van der Waals surface area contributed by atoms with Crippen LogP contribution in [0.4, 0.5) is 0 Å². The van der Waals surface area contributed by atoms with Gasteiger partial charge in [-0.1, -0.05) is 124 Å². The third-order valence-electron chi connectivity index (χ3n) is 15.3. The second-order valence-electron chi connectivity index (χ2n) is 21.6. The molecule has 2 heterocycles. The average Bonchev–Trinajstić information content (AvgIpc) is 3.31. The van der Waals surface area contributed by atoms with Gasteiger partial charge in [-0.05, 0) is 161 Å². The van der Waals surface area contributed by atoms with Gasteiger partial charge in [-0.15, -0.1) is 4.08 Å². The molecule has 1 fully saturated rings. The number of benzene rings is 6.